The van der Waals surface area contributed by atoms with Crippen LogP contribution in [0.5, 0.6) is 5.75 Å². The lowest BCUT2D eigenvalue weighted by Crippen LogP contribution is -2.43. The number of rotatable bonds is 10. The molecule has 28 heavy (non-hydrogen) atoms. The first-order valence-electron chi connectivity index (χ1n) is 9.63. The van der Waals surface area contributed by atoms with E-state index in [1.54, 1.807) is 0 Å². The van der Waals surface area contributed by atoms with Crippen molar-refractivity contribution in [1.82, 2.24) is 5.32 Å². The Hall–Kier alpha value is -2.66. The molecule has 2 rings (SSSR count). The number of hydrogen-bond donors (Lipinski definition) is 1. The summed E-state index contributed by atoms with van der Waals surface area (Å²) in [6.07, 6.45) is 0.954. The fraction of sp³-hybridized carbons (Fsp3) is 0.391. The zero-order valence-electron chi connectivity index (χ0n) is 17.2. The molecule has 0 saturated heterocycles. The highest BCUT2D eigenvalue weighted by Gasteiger charge is 2.18. The van der Waals surface area contributed by atoms with E-state index in [-0.39, 0.29) is 18.3 Å². The minimum Gasteiger partial charge on any atom is -0.489 e. The standard InChI is InChI=1S/C21H25NO4.C2H6/c1-16(23)22-20(15-25-2)21(24)13-10-17-8-11-19(12-9-17)26-14-18-6-4-3-5-7-18;1-2/h3-9,11-12,20H,10,13-15H2,1-2H3,(H,22,23);1-2H3/t20-;/m1./s1. The Bertz CT molecular complexity index is 698. The van der Waals surface area contributed by atoms with Crippen molar-refractivity contribution in [2.24, 2.45) is 0 Å². The first kappa shape index (κ1) is 23.4. The molecule has 0 aliphatic rings. The maximum absolute atomic E-state index is 12.2. The van der Waals surface area contributed by atoms with Crippen molar-refractivity contribution in [2.75, 3.05) is 13.7 Å². The van der Waals surface area contributed by atoms with Gasteiger partial charge >= 0.3 is 0 Å². The molecule has 0 aliphatic heterocycles. The van der Waals surface area contributed by atoms with E-state index in [4.69, 9.17) is 9.47 Å². The average Bonchev–Trinajstić information content (AvgIpc) is 2.73. The first-order valence-corrected chi connectivity index (χ1v) is 9.63. The predicted octanol–water partition coefficient (Wildman–Crippen LogP) is 3.94. The number of hydrogen-bond acceptors (Lipinski definition) is 4. The number of carbonyl (C=O) groups is 2. The number of methoxy groups -OCH3 is 1. The summed E-state index contributed by atoms with van der Waals surface area (Å²) < 4.78 is 10.8. The molecule has 0 heterocycles. The van der Waals surface area contributed by atoms with Crippen molar-refractivity contribution in [3.05, 3.63) is 65.7 Å². The minimum absolute atomic E-state index is 0.0357. The van der Waals surface area contributed by atoms with Gasteiger partial charge in [-0.25, -0.2) is 0 Å². The van der Waals surface area contributed by atoms with E-state index >= 15 is 0 Å². The molecule has 2 aromatic carbocycles. The van der Waals surface area contributed by atoms with Gasteiger partial charge < -0.3 is 14.8 Å². The van der Waals surface area contributed by atoms with E-state index in [9.17, 15) is 9.59 Å². The van der Waals surface area contributed by atoms with Gasteiger partial charge in [0, 0.05) is 20.5 Å². The van der Waals surface area contributed by atoms with E-state index < -0.39 is 6.04 Å². The largest absolute Gasteiger partial charge is 0.489 e. The molecule has 152 valence electrons. The molecule has 0 unspecified atom stereocenters. The second-order valence-corrected chi connectivity index (χ2v) is 6.09. The number of nitrogens with one attached hydrogen (secondary N) is 1. The molecule has 2 aromatic rings. The molecule has 0 aromatic heterocycles. The number of amides is 1. The Morgan fingerprint density at radius 3 is 2.18 bits per heavy atom. The molecule has 1 atom stereocenters. The summed E-state index contributed by atoms with van der Waals surface area (Å²) in [7, 11) is 1.51. The van der Waals surface area contributed by atoms with Crippen LogP contribution in [-0.4, -0.2) is 31.4 Å². The summed E-state index contributed by atoms with van der Waals surface area (Å²) in [6, 6.07) is 17.1. The summed E-state index contributed by atoms with van der Waals surface area (Å²) in [6.45, 7) is 6.10. The van der Waals surface area contributed by atoms with Gasteiger partial charge in [-0.1, -0.05) is 56.3 Å². The van der Waals surface area contributed by atoms with Crippen molar-refractivity contribution < 1.29 is 19.1 Å². The Balaban J connectivity index is 0.00000190. The lowest BCUT2D eigenvalue weighted by atomic mass is 10.0. The summed E-state index contributed by atoms with van der Waals surface area (Å²) in [5, 5.41) is 2.62. The molecule has 0 aliphatic carbocycles. The smallest absolute Gasteiger partial charge is 0.217 e. The number of benzene rings is 2. The number of ether oxygens (including phenoxy) is 2. The van der Waals surface area contributed by atoms with Crippen LogP contribution < -0.4 is 10.1 Å². The van der Waals surface area contributed by atoms with Crippen molar-refractivity contribution in [1.29, 1.82) is 0 Å². The van der Waals surface area contributed by atoms with Gasteiger partial charge in [-0.15, -0.1) is 0 Å². The summed E-state index contributed by atoms with van der Waals surface area (Å²) in [5.41, 5.74) is 2.16. The van der Waals surface area contributed by atoms with Gasteiger partial charge in [-0.2, -0.15) is 0 Å². The lowest BCUT2D eigenvalue weighted by Gasteiger charge is -2.15. The number of ketones is 1. The molecular weight excluding hydrogens is 354 g/mol. The summed E-state index contributed by atoms with van der Waals surface area (Å²) in [4.78, 5) is 23.4. The third kappa shape index (κ3) is 8.82. The van der Waals surface area contributed by atoms with Gasteiger partial charge in [0.25, 0.3) is 0 Å². The summed E-state index contributed by atoms with van der Waals surface area (Å²) in [5.74, 6) is 0.520. The fourth-order valence-corrected chi connectivity index (χ4v) is 2.56. The van der Waals surface area contributed by atoms with Crippen LogP contribution in [0.25, 0.3) is 0 Å². The average molecular weight is 386 g/mol. The molecule has 0 radical (unpaired) electrons. The molecule has 1 amide bonds. The molecule has 5 nitrogen and oxygen atoms in total. The van der Waals surface area contributed by atoms with Gasteiger partial charge in [0.1, 0.15) is 18.4 Å². The Morgan fingerprint density at radius 1 is 0.964 bits per heavy atom. The second kappa shape index (κ2) is 13.5. The van der Waals surface area contributed by atoms with Crippen LogP contribution in [0, 0.1) is 0 Å². The number of carbonyl (C=O) groups excluding carboxylic acids is 2. The third-order valence-electron chi connectivity index (χ3n) is 3.93. The van der Waals surface area contributed by atoms with Gasteiger partial charge in [0.05, 0.1) is 6.61 Å². The molecular formula is C23H31NO4. The van der Waals surface area contributed by atoms with Crippen LogP contribution in [0.4, 0.5) is 0 Å². The maximum atomic E-state index is 12.2. The highest BCUT2D eigenvalue weighted by atomic mass is 16.5. The maximum Gasteiger partial charge on any atom is 0.217 e. The topological polar surface area (TPSA) is 64.6 Å². The highest BCUT2D eigenvalue weighted by Crippen LogP contribution is 2.15. The molecule has 1 N–H and O–H groups in total. The minimum atomic E-state index is -0.592. The molecule has 5 heteroatoms. The number of aryl methyl sites for hydroxylation is 1. The van der Waals surface area contributed by atoms with Gasteiger partial charge in [-0.05, 0) is 29.7 Å². The van der Waals surface area contributed by atoms with E-state index in [0.29, 0.717) is 19.4 Å². The van der Waals surface area contributed by atoms with Gasteiger partial charge in [0.15, 0.2) is 5.78 Å². The van der Waals surface area contributed by atoms with E-state index in [0.717, 1.165) is 16.9 Å². The van der Waals surface area contributed by atoms with Crippen molar-refractivity contribution >= 4 is 11.7 Å². The molecule has 0 bridgehead atoms. The van der Waals surface area contributed by atoms with Gasteiger partial charge in [-0.3, -0.25) is 9.59 Å². The quantitative estimate of drug-likeness (QED) is 0.673. The zero-order valence-corrected chi connectivity index (χ0v) is 17.2. The van der Waals surface area contributed by atoms with Crippen LogP contribution >= 0.6 is 0 Å². The molecule has 0 spiro atoms. The van der Waals surface area contributed by atoms with Crippen molar-refractivity contribution in [3.63, 3.8) is 0 Å². The van der Waals surface area contributed by atoms with Crippen LogP contribution in [0.1, 0.15) is 38.3 Å². The first-order chi connectivity index (χ1) is 13.6. The predicted molar refractivity (Wildman–Crippen MR) is 111 cm³/mol. The molecule has 0 saturated carbocycles. The van der Waals surface area contributed by atoms with Crippen molar-refractivity contribution in [3.8, 4) is 5.75 Å². The number of Topliss-reactive ketones (excluding diaryl/α,β-unsaturated/α-hetero) is 1. The monoisotopic (exact) mass is 385 g/mol. The normalized spacial score (nSPS) is 11.0. The lowest BCUT2D eigenvalue weighted by molar-refractivity contribution is -0.128. The fourth-order valence-electron chi connectivity index (χ4n) is 2.56. The summed E-state index contributed by atoms with van der Waals surface area (Å²) >= 11 is 0. The van der Waals surface area contributed by atoms with Crippen LogP contribution in [0.2, 0.25) is 0 Å². The highest BCUT2D eigenvalue weighted by molar-refractivity contribution is 5.88. The van der Waals surface area contributed by atoms with Crippen LogP contribution in [0.3, 0.4) is 0 Å². The van der Waals surface area contributed by atoms with Gasteiger partial charge in [0.2, 0.25) is 5.91 Å². The second-order valence-electron chi connectivity index (χ2n) is 6.09. The zero-order chi connectivity index (χ0) is 20.8. The van der Waals surface area contributed by atoms with E-state index in [1.165, 1.54) is 14.0 Å². The van der Waals surface area contributed by atoms with E-state index in [2.05, 4.69) is 5.32 Å². The SMILES string of the molecule is CC.COC[C@@H](NC(C)=O)C(=O)CCc1ccc(OCc2ccccc2)cc1. The Morgan fingerprint density at radius 2 is 1.61 bits per heavy atom. The van der Waals surface area contributed by atoms with E-state index in [1.807, 2.05) is 68.4 Å². The van der Waals surface area contributed by atoms with Crippen molar-refractivity contribution in [2.45, 2.75) is 46.3 Å². The Kier molecular flexibility index (Phi) is 11.3. The third-order valence-corrected chi connectivity index (χ3v) is 3.93. The van der Waals surface area contributed by atoms with Crippen LogP contribution in [-0.2, 0) is 27.4 Å². The Labute approximate surface area is 168 Å². The van der Waals surface area contributed by atoms with Crippen LogP contribution in [0.15, 0.2) is 54.6 Å². The molecule has 0 fully saturated rings.